The van der Waals surface area contributed by atoms with Crippen LogP contribution >= 0.6 is 0 Å². The lowest BCUT2D eigenvalue weighted by Crippen LogP contribution is -3.00. The summed E-state index contributed by atoms with van der Waals surface area (Å²) in [6.07, 6.45) is 83.3. The molecule has 0 spiro atoms. The molecule has 0 fully saturated rings. The maximum absolute atomic E-state index is 8.89. The van der Waals surface area contributed by atoms with Crippen LogP contribution in [0.5, 0.6) is 0 Å². The molecule has 8 heteroatoms. The van der Waals surface area contributed by atoms with E-state index in [9.17, 15) is 0 Å². The quantitative estimate of drug-likeness (QED) is 0.0272. The summed E-state index contributed by atoms with van der Waals surface area (Å²) in [5, 5.41) is 8.89. The summed E-state index contributed by atoms with van der Waals surface area (Å²) < 4.78 is 7.35. The average Bonchev–Trinajstić information content (AvgIpc) is 3.45. The fraction of sp³-hybridized carbons (Fsp3) is 0.722. The van der Waals surface area contributed by atoms with E-state index in [0.29, 0.717) is 6.61 Å². The topological polar surface area (TPSA) is 44.8 Å². The van der Waals surface area contributed by atoms with Crippen molar-refractivity contribution in [2.75, 3.05) is 6.61 Å². The van der Waals surface area contributed by atoms with Crippen molar-refractivity contribution in [2.45, 2.75) is 328 Å². The predicted molar refractivity (Wildman–Crippen MR) is 329 cm³/mol. The van der Waals surface area contributed by atoms with Crippen LogP contribution in [0.2, 0.25) is 0 Å². The molecule has 1 N–H and O–H groups in total. The van der Waals surface area contributed by atoms with Crippen molar-refractivity contribution in [1.82, 2.24) is 4.98 Å². The van der Waals surface area contributed by atoms with Gasteiger partial charge in [-0.25, -0.2) is 13.7 Å². The van der Waals surface area contributed by atoms with E-state index in [1.807, 2.05) is 12.4 Å². The molecular formula is C72H121I3N4O. The normalized spacial score (nSPS) is 11.1. The molecule has 0 aromatic carbocycles. The van der Waals surface area contributed by atoms with E-state index in [1.165, 1.54) is 344 Å². The highest BCUT2D eigenvalue weighted by Crippen LogP contribution is 2.18. The van der Waals surface area contributed by atoms with Crippen molar-refractivity contribution >= 4 is 0 Å². The fourth-order valence-corrected chi connectivity index (χ4v) is 11.8. The van der Waals surface area contributed by atoms with E-state index in [-0.39, 0.29) is 71.9 Å². The first-order valence-electron chi connectivity index (χ1n) is 33.7. The summed E-state index contributed by atoms with van der Waals surface area (Å²) in [7, 11) is 0. The van der Waals surface area contributed by atoms with Gasteiger partial charge in [-0.05, 0) is 107 Å². The van der Waals surface area contributed by atoms with Gasteiger partial charge in [-0.3, -0.25) is 4.98 Å². The Labute approximate surface area is 545 Å². The van der Waals surface area contributed by atoms with Gasteiger partial charge in [-0.1, -0.05) is 218 Å². The monoisotopic (exact) mass is 1440 g/mol. The number of aliphatic hydroxyl groups is 1. The molecule has 0 saturated carbocycles. The number of unbranched alkanes of at least 4 members (excludes halogenated alkanes) is 40. The standard InChI is InChI=1S/C72H121N4O.3HI/c77-64-44-36-28-20-12-4-8-16-24-32-40-52-72-56-48-63-76(68-72)60-43-35-27-19-11-3-7-15-23-31-39-51-71-55-47-62-75(67-71)59-42-34-26-18-10-2-6-14-22-30-38-50-70-54-46-61-74(66-70)58-41-33-25-17-9-1-5-13-21-29-37-49-69-53-45-57-73-65-69;;;/h45-48,53-57,61-63,65-68,77H,1-44,49-52,58-60,64H2;3*1H/q+3;;;/p-3. The van der Waals surface area contributed by atoms with Crippen LogP contribution in [0.15, 0.2) is 98.1 Å². The second kappa shape index (κ2) is 58.1. The van der Waals surface area contributed by atoms with Crippen molar-refractivity contribution in [3.05, 3.63) is 120 Å². The van der Waals surface area contributed by atoms with Gasteiger partial charge in [-0.15, -0.1) is 0 Å². The Balaban J connectivity index is 0.0000107. The SMILES string of the molecule is OCCCCCCCCCCCCCc1ccc[n+](CCCCCCCCCCCCCc2ccc[n+](CCCCCCCCCCCCCc3ccc[n+](CCCCCCCCCCCCCc4cccnc4)c3)c2)c1.[I-].[I-].[I-]. The number of pyridine rings is 4. The highest BCUT2D eigenvalue weighted by molar-refractivity contribution is 5.08. The molecule has 4 aromatic rings. The third-order valence-electron chi connectivity index (χ3n) is 16.8. The fourth-order valence-electron chi connectivity index (χ4n) is 11.8. The molecule has 0 aliphatic heterocycles. The first-order valence-corrected chi connectivity index (χ1v) is 33.7. The van der Waals surface area contributed by atoms with E-state index < -0.39 is 0 Å². The third kappa shape index (κ3) is 45.2. The molecule has 0 bridgehead atoms. The molecule has 0 atom stereocenters. The molecule has 4 aromatic heterocycles. The summed E-state index contributed by atoms with van der Waals surface area (Å²) in [5.41, 5.74) is 5.96. The van der Waals surface area contributed by atoms with Crippen LogP contribution in [0.4, 0.5) is 0 Å². The molecule has 0 radical (unpaired) electrons. The summed E-state index contributed by atoms with van der Waals surface area (Å²) in [5.74, 6) is 0. The molecule has 456 valence electrons. The smallest absolute Gasteiger partial charge is 0.171 e. The second-order valence-electron chi connectivity index (χ2n) is 24.0. The molecule has 80 heavy (non-hydrogen) atoms. The molecule has 0 unspecified atom stereocenters. The molecule has 4 heterocycles. The minimum Gasteiger partial charge on any atom is -1.00 e. The first-order chi connectivity index (χ1) is 38.3. The van der Waals surface area contributed by atoms with Gasteiger partial charge in [0.05, 0.1) is 0 Å². The van der Waals surface area contributed by atoms with Gasteiger partial charge >= 0.3 is 0 Å². The van der Waals surface area contributed by atoms with Gasteiger partial charge < -0.3 is 77.0 Å². The zero-order valence-corrected chi connectivity index (χ0v) is 57.8. The Kier molecular flexibility index (Phi) is 55.8. The Bertz CT molecular complexity index is 1900. The number of rotatable bonds is 55. The van der Waals surface area contributed by atoms with E-state index >= 15 is 0 Å². The van der Waals surface area contributed by atoms with E-state index in [0.717, 1.165) is 6.42 Å². The van der Waals surface area contributed by atoms with Crippen molar-refractivity contribution in [1.29, 1.82) is 0 Å². The largest absolute Gasteiger partial charge is 1.00 e. The molecule has 0 aliphatic rings. The predicted octanol–water partition coefficient (Wildman–Crippen LogP) is 10.4. The minimum absolute atomic E-state index is 0. The Morgan fingerprint density at radius 2 is 0.487 bits per heavy atom. The van der Waals surface area contributed by atoms with Crippen LogP contribution in [0, 0.1) is 0 Å². The summed E-state index contributed by atoms with van der Waals surface area (Å²) in [6.45, 7) is 3.89. The summed E-state index contributed by atoms with van der Waals surface area (Å²) in [4.78, 5) is 4.23. The van der Waals surface area contributed by atoms with Crippen LogP contribution in [-0.2, 0) is 45.3 Å². The summed E-state index contributed by atoms with van der Waals surface area (Å²) >= 11 is 0. The number of nitrogens with zero attached hydrogens (tertiary/aromatic N) is 4. The number of halogens is 3. The highest BCUT2D eigenvalue weighted by atomic mass is 127. The van der Waals surface area contributed by atoms with Gasteiger partial charge in [0.1, 0.15) is 19.6 Å². The van der Waals surface area contributed by atoms with Crippen LogP contribution in [0.3, 0.4) is 0 Å². The van der Waals surface area contributed by atoms with Crippen LogP contribution in [0.25, 0.3) is 0 Å². The Morgan fingerprint density at radius 3 is 0.738 bits per heavy atom. The van der Waals surface area contributed by atoms with Gasteiger partial charge in [0, 0.05) is 73.2 Å². The molecular weight excluding hydrogens is 1320 g/mol. The zero-order chi connectivity index (χ0) is 53.8. The van der Waals surface area contributed by atoms with Crippen molar-refractivity contribution < 1.29 is 90.7 Å². The van der Waals surface area contributed by atoms with Gasteiger partial charge in [-0.2, -0.15) is 0 Å². The number of hydrogen-bond donors (Lipinski definition) is 1. The lowest BCUT2D eigenvalue weighted by Gasteiger charge is -2.05. The van der Waals surface area contributed by atoms with Crippen molar-refractivity contribution in [3.8, 4) is 0 Å². The van der Waals surface area contributed by atoms with Gasteiger partial charge in [0.15, 0.2) is 37.2 Å². The Hall–Kier alpha value is -1.25. The average molecular weight is 1440 g/mol. The summed E-state index contributed by atoms with van der Waals surface area (Å²) in [6, 6.07) is 18.1. The number of aromatic nitrogens is 4. The Morgan fingerprint density at radius 1 is 0.263 bits per heavy atom. The maximum Gasteiger partial charge on any atom is 0.171 e. The number of aryl methyl sites for hydroxylation is 7. The minimum atomic E-state index is 0. The lowest BCUT2D eigenvalue weighted by molar-refractivity contribution is -0.697. The molecule has 4 rings (SSSR count). The van der Waals surface area contributed by atoms with Crippen LogP contribution in [0.1, 0.15) is 305 Å². The van der Waals surface area contributed by atoms with Crippen LogP contribution in [-0.4, -0.2) is 16.7 Å². The highest BCUT2D eigenvalue weighted by Gasteiger charge is 2.08. The molecule has 0 amide bonds. The molecule has 0 saturated heterocycles. The van der Waals surface area contributed by atoms with E-state index in [1.54, 1.807) is 0 Å². The number of aliphatic hydroxyl groups excluding tert-OH is 1. The lowest BCUT2D eigenvalue weighted by atomic mass is 10.0. The van der Waals surface area contributed by atoms with Crippen molar-refractivity contribution in [3.63, 3.8) is 0 Å². The number of hydrogen-bond acceptors (Lipinski definition) is 2. The van der Waals surface area contributed by atoms with Gasteiger partial charge in [0.25, 0.3) is 0 Å². The van der Waals surface area contributed by atoms with E-state index in [2.05, 4.69) is 104 Å². The second-order valence-corrected chi connectivity index (χ2v) is 24.0. The molecule has 5 nitrogen and oxygen atoms in total. The van der Waals surface area contributed by atoms with Crippen molar-refractivity contribution in [2.24, 2.45) is 0 Å². The van der Waals surface area contributed by atoms with E-state index in [4.69, 9.17) is 5.11 Å². The maximum atomic E-state index is 8.89. The molecule has 0 aliphatic carbocycles. The van der Waals surface area contributed by atoms with Crippen LogP contribution < -0.4 is 85.6 Å². The van der Waals surface area contributed by atoms with Gasteiger partial charge in [0.2, 0.25) is 0 Å². The zero-order valence-electron chi connectivity index (χ0n) is 51.4. The third-order valence-corrected chi connectivity index (χ3v) is 16.8. The first kappa shape index (κ1) is 76.8.